The van der Waals surface area contributed by atoms with E-state index in [1.54, 1.807) is 0 Å². The van der Waals surface area contributed by atoms with Crippen LogP contribution in [-0.4, -0.2) is 5.38 Å². The minimum absolute atomic E-state index is 0.383. The maximum absolute atomic E-state index is 5.76. The van der Waals surface area contributed by atoms with Crippen LogP contribution in [0.25, 0.3) is 0 Å². The largest absolute Gasteiger partial charge is 0.123 e. The fraction of sp³-hybridized carbons (Fsp3) is 0.833. The van der Waals surface area contributed by atoms with Crippen molar-refractivity contribution in [2.24, 2.45) is 0 Å². The Balaban J connectivity index is 2.12. The van der Waals surface area contributed by atoms with E-state index in [0.717, 1.165) is 0 Å². The van der Waals surface area contributed by atoms with Crippen LogP contribution in [0.5, 0.6) is 0 Å². The summed E-state index contributed by atoms with van der Waals surface area (Å²) in [7, 11) is 0. The van der Waals surface area contributed by atoms with Gasteiger partial charge in [0.25, 0.3) is 0 Å². The molecule has 0 unspecified atom stereocenters. The third kappa shape index (κ3) is 1.68. The number of rotatable bonds is 0. The maximum atomic E-state index is 5.76. The molecule has 0 N–H and O–H groups in total. The number of hydrogen-bond acceptors (Lipinski definition) is 0. The van der Waals surface area contributed by atoms with Crippen LogP contribution < -0.4 is 0 Å². The highest BCUT2D eigenvalue weighted by Gasteiger charge is 2.08. The van der Waals surface area contributed by atoms with Crippen molar-refractivity contribution in [3.8, 4) is 0 Å². The predicted octanol–water partition coefficient (Wildman–Crippen LogP) is 2.37. The molecular formula is C6H10Cl. The van der Waals surface area contributed by atoms with Crippen molar-refractivity contribution in [3.63, 3.8) is 0 Å². The van der Waals surface area contributed by atoms with Gasteiger partial charge < -0.3 is 0 Å². The Morgan fingerprint density at radius 3 is 2.57 bits per heavy atom. The van der Waals surface area contributed by atoms with E-state index < -0.39 is 0 Å². The Morgan fingerprint density at radius 1 is 1.43 bits per heavy atom. The molecule has 1 aliphatic carbocycles. The van der Waals surface area contributed by atoms with Gasteiger partial charge in [0, 0.05) is 5.38 Å². The van der Waals surface area contributed by atoms with E-state index >= 15 is 0 Å². The van der Waals surface area contributed by atoms with Gasteiger partial charge in [-0.05, 0) is 19.3 Å². The normalized spacial score (nSPS) is 25.3. The number of alkyl halides is 1. The Bertz CT molecular complexity index is 46.1. The van der Waals surface area contributed by atoms with Crippen molar-refractivity contribution in [1.29, 1.82) is 0 Å². The lowest BCUT2D eigenvalue weighted by Crippen LogP contribution is -2.04. The molecule has 1 fully saturated rings. The molecule has 1 rings (SSSR count). The summed E-state index contributed by atoms with van der Waals surface area (Å²) >= 11 is 5.76. The summed E-state index contributed by atoms with van der Waals surface area (Å²) in [6.45, 7) is 0. The van der Waals surface area contributed by atoms with Crippen molar-refractivity contribution in [1.82, 2.24) is 0 Å². The van der Waals surface area contributed by atoms with Gasteiger partial charge >= 0.3 is 0 Å². The van der Waals surface area contributed by atoms with Gasteiger partial charge in [0.2, 0.25) is 0 Å². The molecule has 0 aromatic heterocycles. The van der Waals surface area contributed by atoms with E-state index in [-0.39, 0.29) is 0 Å². The first-order chi connectivity index (χ1) is 3.39. The highest BCUT2D eigenvalue weighted by Crippen LogP contribution is 2.20. The molecule has 0 nitrogen and oxygen atoms in total. The summed E-state index contributed by atoms with van der Waals surface area (Å²) in [4.78, 5) is 0. The molecule has 0 aromatic carbocycles. The molecule has 0 heterocycles. The molecule has 1 heteroatoms. The van der Waals surface area contributed by atoms with Crippen molar-refractivity contribution in [3.05, 3.63) is 6.42 Å². The van der Waals surface area contributed by atoms with Crippen LogP contribution in [0.4, 0.5) is 0 Å². The molecular weight excluding hydrogens is 108 g/mol. The second-order valence-corrected chi connectivity index (χ2v) is 2.60. The highest BCUT2D eigenvalue weighted by molar-refractivity contribution is 6.21. The monoisotopic (exact) mass is 117 g/mol. The Labute approximate surface area is 49.9 Å². The van der Waals surface area contributed by atoms with Crippen LogP contribution in [0, 0.1) is 6.42 Å². The zero-order chi connectivity index (χ0) is 5.11. The molecule has 1 aliphatic rings. The lowest BCUT2D eigenvalue weighted by atomic mass is 10.0. The molecule has 1 radical (unpaired) electrons. The van der Waals surface area contributed by atoms with Gasteiger partial charge in [-0.1, -0.05) is 12.8 Å². The zero-order valence-corrected chi connectivity index (χ0v) is 5.12. The molecule has 0 aromatic rings. The summed E-state index contributed by atoms with van der Waals surface area (Å²) in [5.74, 6) is 0. The maximum Gasteiger partial charge on any atom is 0.0367 e. The first kappa shape index (κ1) is 5.43. The van der Waals surface area contributed by atoms with E-state index in [0.29, 0.717) is 5.38 Å². The first-order valence-corrected chi connectivity index (χ1v) is 3.30. The minimum Gasteiger partial charge on any atom is -0.123 e. The first-order valence-electron chi connectivity index (χ1n) is 2.87. The second kappa shape index (κ2) is 2.56. The highest BCUT2D eigenvalue weighted by atomic mass is 35.5. The molecule has 0 amide bonds. The van der Waals surface area contributed by atoms with Crippen LogP contribution in [0.1, 0.15) is 25.7 Å². The van der Waals surface area contributed by atoms with E-state index in [4.69, 9.17) is 11.6 Å². The summed E-state index contributed by atoms with van der Waals surface area (Å²) in [5, 5.41) is 0.383. The fourth-order valence-corrected chi connectivity index (χ4v) is 1.18. The van der Waals surface area contributed by atoms with Crippen LogP contribution in [-0.2, 0) is 0 Å². The van der Waals surface area contributed by atoms with Crippen LogP contribution in [0.2, 0.25) is 0 Å². The summed E-state index contributed by atoms with van der Waals surface area (Å²) in [6.07, 6.45) is 7.30. The number of halogens is 1. The smallest absolute Gasteiger partial charge is 0.0367 e. The van der Waals surface area contributed by atoms with E-state index in [2.05, 4.69) is 6.42 Å². The minimum atomic E-state index is 0.383. The second-order valence-electron chi connectivity index (χ2n) is 2.04. The third-order valence-corrected chi connectivity index (χ3v) is 1.75. The van der Waals surface area contributed by atoms with Gasteiger partial charge in [0.15, 0.2) is 0 Å². The van der Waals surface area contributed by atoms with Crippen molar-refractivity contribution >= 4 is 11.6 Å². The summed E-state index contributed by atoms with van der Waals surface area (Å²) < 4.78 is 0. The third-order valence-electron chi connectivity index (χ3n) is 1.36. The van der Waals surface area contributed by atoms with Gasteiger partial charge in [-0.15, -0.1) is 11.6 Å². The van der Waals surface area contributed by atoms with E-state index in [1.807, 2.05) is 0 Å². The molecule has 0 saturated heterocycles. The van der Waals surface area contributed by atoms with Gasteiger partial charge in [0.05, 0.1) is 0 Å². The summed E-state index contributed by atoms with van der Waals surface area (Å²) in [5.41, 5.74) is 0. The molecule has 0 spiro atoms. The molecule has 1 atom stereocenters. The van der Waals surface area contributed by atoms with Gasteiger partial charge in [-0.3, -0.25) is 0 Å². The SMILES string of the molecule is Cl[C@@H]1[CH]CCCC1. The van der Waals surface area contributed by atoms with Gasteiger partial charge in [0.1, 0.15) is 0 Å². The van der Waals surface area contributed by atoms with Crippen LogP contribution in [0.3, 0.4) is 0 Å². The van der Waals surface area contributed by atoms with E-state index in [1.165, 1.54) is 25.7 Å². The zero-order valence-electron chi connectivity index (χ0n) is 4.36. The van der Waals surface area contributed by atoms with Gasteiger partial charge in [-0.25, -0.2) is 0 Å². The average Bonchev–Trinajstić information content (AvgIpc) is 1.69. The Morgan fingerprint density at radius 2 is 2.29 bits per heavy atom. The summed E-state index contributed by atoms with van der Waals surface area (Å²) in [6, 6.07) is 0. The Kier molecular flexibility index (Phi) is 1.99. The van der Waals surface area contributed by atoms with Crippen LogP contribution >= 0.6 is 11.6 Å². The molecule has 1 saturated carbocycles. The predicted molar refractivity (Wildman–Crippen MR) is 32.4 cm³/mol. The molecule has 41 valence electrons. The number of hydrogen-bond donors (Lipinski definition) is 0. The standard InChI is InChI=1S/C6H10Cl/c7-6-4-2-1-3-5-6/h4,6H,1-3,5H2/t6-/m1/s1. The fourth-order valence-electron chi connectivity index (χ4n) is 0.900. The Hall–Kier alpha value is 0.290. The van der Waals surface area contributed by atoms with Crippen LogP contribution in [0.15, 0.2) is 0 Å². The van der Waals surface area contributed by atoms with Crippen molar-refractivity contribution in [2.75, 3.05) is 0 Å². The van der Waals surface area contributed by atoms with E-state index in [9.17, 15) is 0 Å². The molecule has 0 aliphatic heterocycles. The quantitative estimate of drug-likeness (QED) is 0.428. The molecule has 7 heavy (non-hydrogen) atoms. The average molecular weight is 118 g/mol. The topological polar surface area (TPSA) is 0 Å². The van der Waals surface area contributed by atoms with Crippen molar-refractivity contribution in [2.45, 2.75) is 31.1 Å². The molecule has 0 bridgehead atoms. The lowest BCUT2D eigenvalue weighted by molar-refractivity contribution is 0.598. The van der Waals surface area contributed by atoms with Gasteiger partial charge in [-0.2, -0.15) is 0 Å². The lowest BCUT2D eigenvalue weighted by Gasteiger charge is -2.13. The van der Waals surface area contributed by atoms with Crippen molar-refractivity contribution < 1.29 is 0 Å².